The van der Waals surface area contributed by atoms with E-state index in [-0.39, 0.29) is 17.9 Å². The standard InChI is InChI=1S/C27H23N5O3/c33-26-20(14-17-4-5-21-23(15-17)30-16-29-21)25-22(31-26)2-1-3-24(25)35-19-8-12-32(13-9-19)27(34)18-6-10-28-11-7-18/h1-7,10-11,14-16,19,31,33H,8-9,12-13H2/b17-14+. The van der Waals surface area contributed by atoms with Gasteiger partial charge in [0.25, 0.3) is 5.91 Å². The first-order chi connectivity index (χ1) is 17.2. The second kappa shape index (κ2) is 8.72. The van der Waals surface area contributed by atoms with Crippen molar-refractivity contribution in [3.05, 3.63) is 82.6 Å². The molecule has 2 aromatic heterocycles. The average molecular weight is 466 g/mol. The second-order valence-electron chi connectivity index (χ2n) is 8.68. The number of hydrogen-bond acceptors (Lipinski definition) is 6. The van der Waals surface area contributed by atoms with Crippen molar-refractivity contribution in [3.8, 4) is 11.6 Å². The van der Waals surface area contributed by atoms with Crippen molar-refractivity contribution in [1.29, 1.82) is 0 Å². The van der Waals surface area contributed by atoms with Crippen molar-refractivity contribution in [2.45, 2.75) is 18.9 Å². The third kappa shape index (κ3) is 4.03. The Bertz CT molecular complexity index is 1570. The van der Waals surface area contributed by atoms with Crippen LogP contribution >= 0.6 is 0 Å². The van der Waals surface area contributed by atoms with E-state index in [1.807, 2.05) is 47.4 Å². The summed E-state index contributed by atoms with van der Waals surface area (Å²) in [5, 5.41) is 13.3. The highest BCUT2D eigenvalue weighted by Crippen LogP contribution is 2.36. The number of likely N-dealkylation sites (tertiary alicyclic amines) is 1. The molecule has 4 aromatic rings. The Labute approximate surface area is 200 Å². The summed E-state index contributed by atoms with van der Waals surface area (Å²) in [6.45, 7) is 1.25. The van der Waals surface area contributed by atoms with E-state index < -0.39 is 0 Å². The number of carbonyl (C=O) groups is 1. The van der Waals surface area contributed by atoms with Gasteiger partial charge >= 0.3 is 0 Å². The van der Waals surface area contributed by atoms with Gasteiger partial charge in [-0.3, -0.25) is 9.78 Å². The quantitative estimate of drug-likeness (QED) is 0.483. The molecule has 35 heavy (non-hydrogen) atoms. The number of ether oxygens (including phenoxy) is 1. The Morgan fingerprint density at radius 3 is 2.77 bits per heavy atom. The van der Waals surface area contributed by atoms with E-state index >= 15 is 0 Å². The summed E-state index contributed by atoms with van der Waals surface area (Å²) >= 11 is 0. The minimum atomic E-state index is -0.0251. The first-order valence-corrected chi connectivity index (χ1v) is 11.6. The van der Waals surface area contributed by atoms with Crippen LogP contribution in [0.1, 0.15) is 28.8 Å². The van der Waals surface area contributed by atoms with Gasteiger partial charge in [-0.1, -0.05) is 12.1 Å². The summed E-state index contributed by atoms with van der Waals surface area (Å²) < 4.78 is 6.43. The Balaban J connectivity index is 1.25. The lowest BCUT2D eigenvalue weighted by Crippen LogP contribution is -2.41. The van der Waals surface area contributed by atoms with Crippen molar-refractivity contribution in [2.75, 3.05) is 13.1 Å². The molecule has 6 rings (SSSR count). The van der Waals surface area contributed by atoms with Crippen LogP contribution < -0.4 is 15.3 Å². The number of fused-ring (bicyclic) bond motifs is 2. The SMILES string of the molecule is O=C(c1ccncc1)N1CCC(Oc2cccc3[nH]c(O)c(/C=c4\ccc5c(c4)N=CN=5)c23)CC1. The predicted molar refractivity (Wildman–Crippen MR) is 133 cm³/mol. The number of piperidine rings is 1. The number of nitrogens with one attached hydrogen (secondary N) is 1. The van der Waals surface area contributed by atoms with Crippen LogP contribution in [0.15, 0.2) is 70.9 Å². The van der Waals surface area contributed by atoms with Gasteiger partial charge in [0, 0.05) is 49.5 Å². The molecule has 1 amide bonds. The first-order valence-electron chi connectivity index (χ1n) is 11.6. The number of aromatic hydroxyl groups is 1. The second-order valence-corrected chi connectivity index (χ2v) is 8.68. The van der Waals surface area contributed by atoms with Crippen LogP contribution in [-0.2, 0) is 0 Å². The molecular formula is C27H23N5O3. The first kappa shape index (κ1) is 21.1. The van der Waals surface area contributed by atoms with Crippen molar-refractivity contribution in [3.63, 3.8) is 0 Å². The number of carbonyl (C=O) groups excluding carboxylic acids is 1. The van der Waals surface area contributed by atoms with E-state index in [4.69, 9.17) is 4.74 Å². The van der Waals surface area contributed by atoms with Crippen LogP contribution in [0.3, 0.4) is 0 Å². The van der Waals surface area contributed by atoms with Gasteiger partial charge in [-0.25, -0.2) is 9.98 Å². The Morgan fingerprint density at radius 1 is 1.11 bits per heavy atom. The molecule has 0 saturated carbocycles. The molecule has 0 radical (unpaired) electrons. The molecule has 2 aliphatic rings. The molecule has 0 unspecified atom stereocenters. The number of aliphatic imine (C=N–C) groups is 1. The Kier molecular flexibility index (Phi) is 5.25. The van der Waals surface area contributed by atoms with Crippen molar-refractivity contribution in [2.24, 2.45) is 9.98 Å². The zero-order valence-electron chi connectivity index (χ0n) is 18.9. The molecule has 0 aliphatic carbocycles. The number of nitrogens with zero attached hydrogens (tertiary/aromatic N) is 4. The summed E-state index contributed by atoms with van der Waals surface area (Å²) in [6.07, 6.45) is 8.17. The molecule has 8 heteroatoms. The summed E-state index contributed by atoms with van der Waals surface area (Å²) in [5.41, 5.74) is 2.92. The largest absolute Gasteiger partial charge is 0.494 e. The monoisotopic (exact) mass is 465 g/mol. The van der Waals surface area contributed by atoms with E-state index in [2.05, 4.69) is 20.0 Å². The fourth-order valence-corrected chi connectivity index (χ4v) is 4.66. The lowest BCUT2D eigenvalue weighted by molar-refractivity contribution is 0.0598. The maximum absolute atomic E-state index is 12.7. The molecule has 1 saturated heterocycles. The zero-order valence-corrected chi connectivity index (χ0v) is 18.9. The third-order valence-electron chi connectivity index (χ3n) is 6.46. The van der Waals surface area contributed by atoms with Gasteiger partial charge in [-0.15, -0.1) is 0 Å². The van der Waals surface area contributed by atoms with Gasteiger partial charge in [0.05, 0.1) is 21.9 Å². The number of pyridine rings is 1. The smallest absolute Gasteiger partial charge is 0.253 e. The van der Waals surface area contributed by atoms with Gasteiger partial charge < -0.3 is 19.7 Å². The number of aromatic nitrogens is 2. The Hall–Kier alpha value is -4.46. The minimum absolute atomic E-state index is 0.0203. The highest BCUT2D eigenvalue weighted by atomic mass is 16.5. The Morgan fingerprint density at radius 2 is 1.94 bits per heavy atom. The van der Waals surface area contributed by atoms with Gasteiger partial charge in [-0.05, 0) is 47.7 Å². The molecule has 174 valence electrons. The van der Waals surface area contributed by atoms with Gasteiger partial charge in [0.1, 0.15) is 18.2 Å². The lowest BCUT2D eigenvalue weighted by atomic mass is 10.1. The van der Waals surface area contributed by atoms with E-state index in [9.17, 15) is 9.90 Å². The van der Waals surface area contributed by atoms with E-state index in [0.29, 0.717) is 30.0 Å². The summed E-state index contributed by atoms with van der Waals surface area (Å²) in [5.74, 6) is 0.813. The molecule has 0 spiro atoms. The summed E-state index contributed by atoms with van der Waals surface area (Å²) in [6, 6.07) is 15.0. The molecule has 8 nitrogen and oxygen atoms in total. The van der Waals surface area contributed by atoms with Crippen LogP contribution in [0, 0.1) is 0 Å². The molecule has 0 bridgehead atoms. The van der Waals surface area contributed by atoms with Crippen molar-refractivity contribution >= 4 is 34.9 Å². The van der Waals surface area contributed by atoms with E-state index in [1.54, 1.807) is 30.9 Å². The summed E-state index contributed by atoms with van der Waals surface area (Å²) in [7, 11) is 0. The van der Waals surface area contributed by atoms with E-state index in [1.165, 1.54) is 0 Å². The molecule has 2 aliphatic heterocycles. The lowest BCUT2D eigenvalue weighted by Gasteiger charge is -2.32. The highest BCUT2D eigenvalue weighted by molar-refractivity contribution is 5.96. The van der Waals surface area contributed by atoms with Crippen LogP contribution in [0.25, 0.3) is 17.0 Å². The van der Waals surface area contributed by atoms with Crippen molar-refractivity contribution < 1.29 is 14.6 Å². The molecule has 2 N–H and O–H groups in total. The fourth-order valence-electron chi connectivity index (χ4n) is 4.66. The number of H-pyrrole nitrogens is 1. The number of benzene rings is 2. The zero-order chi connectivity index (χ0) is 23.8. The van der Waals surface area contributed by atoms with Crippen LogP contribution in [-0.4, -0.2) is 51.4 Å². The third-order valence-corrected chi connectivity index (χ3v) is 6.46. The predicted octanol–water partition coefficient (Wildman–Crippen LogP) is 3.07. The van der Waals surface area contributed by atoms with Crippen molar-refractivity contribution in [1.82, 2.24) is 14.9 Å². The number of amides is 1. The number of rotatable bonds is 4. The minimum Gasteiger partial charge on any atom is -0.494 e. The normalized spacial score (nSPS) is 15.9. The van der Waals surface area contributed by atoms with Gasteiger partial charge in [0.2, 0.25) is 0 Å². The molecular weight excluding hydrogens is 442 g/mol. The summed E-state index contributed by atoms with van der Waals surface area (Å²) in [4.78, 5) is 30.1. The maximum Gasteiger partial charge on any atom is 0.253 e. The van der Waals surface area contributed by atoms with E-state index in [0.717, 1.165) is 40.0 Å². The van der Waals surface area contributed by atoms with Crippen LogP contribution in [0.4, 0.5) is 5.69 Å². The van der Waals surface area contributed by atoms with Gasteiger partial charge in [-0.2, -0.15) is 0 Å². The maximum atomic E-state index is 12.7. The number of aromatic amines is 1. The number of hydrogen-bond donors (Lipinski definition) is 2. The molecule has 4 heterocycles. The van der Waals surface area contributed by atoms with Crippen LogP contribution in [0.2, 0.25) is 0 Å². The molecule has 2 aromatic carbocycles. The highest BCUT2D eigenvalue weighted by Gasteiger charge is 2.25. The fraction of sp³-hybridized carbons (Fsp3) is 0.185. The van der Waals surface area contributed by atoms with Gasteiger partial charge in [0.15, 0.2) is 5.88 Å². The molecule has 0 atom stereocenters. The molecule has 1 fully saturated rings. The van der Waals surface area contributed by atoms with Crippen LogP contribution in [0.5, 0.6) is 11.6 Å². The topological polar surface area (TPSA) is 103 Å². The average Bonchev–Trinajstić information content (AvgIpc) is 3.49.